The van der Waals surface area contributed by atoms with Crippen LogP contribution in [0.2, 0.25) is 0 Å². The number of carboxylic acid groups (broad SMARTS) is 1. The standard InChI is InChI=1S/C24H47N7O7/c1-18(30-21(33)34)12-15-31(23(36)38-24(2,3)4)14-9-10-16-37-22(35)29-17-28-19(32)11-7-5-6-8-13-27-20(25)26/h18,30H,5-17H2,1-4H3,(H,28,32)(H,29,35)(H,33,34)(H4,25,26,27)/t18-/m1/s1. The van der Waals surface area contributed by atoms with E-state index in [0.717, 1.165) is 25.7 Å². The molecule has 0 aliphatic carbocycles. The third kappa shape index (κ3) is 21.8. The van der Waals surface area contributed by atoms with E-state index in [0.29, 0.717) is 45.3 Å². The summed E-state index contributed by atoms with van der Waals surface area (Å²) in [4.78, 5) is 52.3. The first-order valence-electron chi connectivity index (χ1n) is 13.0. The number of hydrogen-bond donors (Lipinski definition) is 6. The lowest BCUT2D eigenvalue weighted by atomic mass is 10.1. The monoisotopic (exact) mass is 545 g/mol. The van der Waals surface area contributed by atoms with Gasteiger partial charge in [0.05, 0.1) is 13.3 Å². The molecule has 0 radical (unpaired) electrons. The second-order valence-electron chi connectivity index (χ2n) is 9.87. The fraction of sp³-hybridized carbons (Fsp3) is 0.792. The minimum atomic E-state index is -1.12. The molecule has 14 nitrogen and oxygen atoms in total. The number of nitrogens with zero attached hydrogens (tertiary/aromatic N) is 2. The van der Waals surface area contributed by atoms with Crippen molar-refractivity contribution in [2.75, 3.05) is 32.9 Å². The van der Waals surface area contributed by atoms with E-state index in [-0.39, 0.29) is 31.2 Å². The highest BCUT2D eigenvalue weighted by Gasteiger charge is 2.22. The number of carbonyl (C=O) groups is 4. The van der Waals surface area contributed by atoms with Crippen molar-refractivity contribution in [2.45, 2.75) is 90.7 Å². The summed E-state index contributed by atoms with van der Waals surface area (Å²) >= 11 is 0. The normalized spacial score (nSPS) is 11.6. The highest BCUT2D eigenvalue weighted by molar-refractivity contribution is 5.76. The molecule has 0 saturated carbocycles. The topological polar surface area (TPSA) is 211 Å². The van der Waals surface area contributed by atoms with Crippen LogP contribution in [-0.4, -0.2) is 84.7 Å². The highest BCUT2D eigenvalue weighted by Crippen LogP contribution is 2.12. The number of ether oxygens (including phenoxy) is 2. The Labute approximate surface area is 225 Å². The van der Waals surface area contributed by atoms with E-state index < -0.39 is 23.9 Å². The molecule has 0 aromatic rings. The molecule has 220 valence electrons. The molecule has 1 atom stereocenters. The summed E-state index contributed by atoms with van der Waals surface area (Å²) in [5, 5.41) is 16.3. The molecule has 0 rings (SSSR count). The first-order chi connectivity index (χ1) is 17.8. The summed E-state index contributed by atoms with van der Waals surface area (Å²) < 4.78 is 10.5. The van der Waals surface area contributed by atoms with Crippen LogP contribution in [0.3, 0.4) is 0 Å². The van der Waals surface area contributed by atoms with Crippen molar-refractivity contribution in [3.63, 3.8) is 0 Å². The van der Waals surface area contributed by atoms with Gasteiger partial charge in [-0.05, 0) is 59.8 Å². The molecular formula is C24H47N7O7. The summed E-state index contributed by atoms with van der Waals surface area (Å²) in [5.74, 6) is -0.0840. The van der Waals surface area contributed by atoms with Crippen molar-refractivity contribution >= 4 is 30.1 Å². The Kier molecular flexibility index (Phi) is 17.9. The first kappa shape index (κ1) is 34.6. The molecule has 14 heteroatoms. The van der Waals surface area contributed by atoms with Crippen LogP contribution in [0.15, 0.2) is 4.99 Å². The molecule has 38 heavy (non-hydrogen) atoms. The van der Waals surface area contributed by atoms with Crippen LogP contribution >= 0.6 is 0 Å². The molecule has 0 bridgehead atoms. The molecular weight excluding hydrogens is 498 g/mol. The first-order valence-corrected chi connectivity index (χ1v) is 13.0. The SMILES string of the molecule is C[C@H](CCN(CCCCOC(=O)NCNC(=O)CCCCCCN=C(N)N)C(=O)OC(C)(C)C)NC(=O)O. The van der Waals surface area contributed by atoms with Crippen molar-refractivity contribution in [1.29, 1.82) is 0 Å². The fourth-order valence-electron chi connectivity index (χ4n) is 3.14. The Morgan fingerprint density at radius 2 is 1.66 bits per heavy atom. The number of nitrogens with two attached hydrogens (primary N) is 2. The number of unbranched alkanes of at least 4 members (excludes halogenated alkanes) is 4. The van der Waals surface area contributed by atoms with Crippen LogP contribution in [0, 0.1) is 0 Å². The maximum absolute atomic E-state index is 12.5. The number of carbonyl (C=O) groups excluding carboxylic acids is 3. The molecule has 0 aromatic carbocycles. The minimum absolute atomic E-state index is 0.0306. The second-order valence-corrected chi connectivity index (χ2v) is 9.87. The van der Waals surface area contributed by atoms with Crippen molar-refractivity contribution in [1.82, 2.24) is 20.9 Å². The van der Waals surface area contributed by atoms with Gasteiger partial charge in [-0.1, -0.05) is 12.8 Å². The summed E-state index contributed by atoms with van der Waals surface area (Å²) in [5.41, 5.74) is 9.84. The van der Waals surface area contributed by atoms with Gasteiger partial charge in [0.25, 0.3) is 0 Å². The molecule has 0 aromatic heterocycles. The van der Waals surface area contributed by atoms with Gasteiger partial charge in [-0.15, -0.1) is 0 Å². The fourth-order valence-corrected chi connectivity index (χ4v) is 3.14. The van der Waals surface area contributed by atoms with Crippen LogP contribution in [0.1, 0.15) is 79.1 Å². The number of alkyl carbamates (subject to hydrolysis) is 1. The lowest BCUT2D eigenvalue weighted by molar-refractivity contribution is -0.121. The number of amides is 4. The molecule has 0 heterocycles. The van der Waals surface area contributed by atoms with Crippen molar-refractivity contribution in [2.24, 2.45) is 16.5 Å². The van der Waals surface area contributed by atoms with Crippen molar-refractivity contribution in [3.05, 3.63) is 0 Å². The summed E-state index contributed by atoms with van der Waals surface area (Å²) in [6.45, 7) is 8.39. The van der Waals surface area contributed by atoms with Crippen LogP contribution in [-0.2, 0) is 14.3 Å². The molecule has 4 amide bonds. The van der Waals surface area contributed by atoms with Gasteiger partial charge in [0, 0.05) is 32.1 Å². The van der Waals surface area contributed by atoms with Crippen LogP contribution in [0.25, 0.3) is 0 Å². The van der Waals surface area contributed by atoms with E-state index in [1.807, 2.05) is 0 Å². The Morgan fingerprint density at radius 3 is 2.29 bits per heavy atom. The summed E-state index contributed by atoms with van der Waals surface area (Å²) in [6, 6.07) is -0.327. The lowest BCUT2D eigenvalue weighted by Crippen LogP contribution is -2.41. The zero-order valence-corrected chi connectivity index (χ0v) is 23.2. The van der Waals surface area contributed by atoms with E-state index in [4.69, 9.17) is 26.0 Å². The summed E-state index contributed by atoms with van der Waals surface area (Å²) in [7, 11) is 0. The van der Waals surface area contributed by atoms with Crippen molar-refractivity contribution < 1.29 is 33.8 Å². The molecule has 0 unspecified atom stereocenters. The summed E-state index contributed by atoms with van der Waals surface area (Å²) in [6.07, 6.45) is 2.97. The van der Waals surface area contributed by atoms with Gasteiger partial charge < -0.3 is 46.9 Å². The maximum Gasteiger partial charge on any atom is 0.410 e. The largest absolute Gasteiger partial charge is 0.465 e. The Balaban J connectivity index is 4.10. The van der Waals surface area contributed by atoms with E-state index in [9.17, 15) is 19.2 Å². The zero-order chi connectivity index (χ0) is 29.0. The third-order valence-corrected chi connectivity index (χ3v) is 5.03. The number of aliphatic imine (C=N–C) groups is 1. The molecule has 0 spiro atoms. The number of rotatable bonds is 18. The number of nitrogens with one attached hydrogen (secondary N) is 3. The predicted octanol–water partition coefficient (Wildman–Crippen LogP) is 2.07. The molecule has 0 saturated heterocycles. The maximum atomic E-state index is 12.5. The average molecular weight is 546 g/mol. The van der Waals surface area contributed by atoms with Gasteiger partial charge >= 0.3 is 18.3 Å². The minimum Gasteiger partial charge on any atom is -0.465 e. The van der Waals surface area contributed by atoms with E-state index in [2.05, 4.69) is 20.9 Å². The molecule has 0 aliphatic heterocycles. The molecule has 8 N–H and O–H groups in total. The predicted molar refractivity (Wildman–Crippen MR) is 144 cm³/mol. The van der Waals surface area contributed by atoms with Crippen molar-refractivity contribution in [3.8, 4) is 0 Å². The van der Waals surface area contributed by atoms with E-state index >= 15 is 0 Å². The highest BCUT2D eigenvalue weighted by atomic mass is 16.6. The van der Waals surface area contributed by atoms with Crippen LogP contribution in [0.5, 0.6) is 0 Å². The van der Waals surface area contributed by atoms with E-state index in [1.54, 1.807) is 27.7 Å². The number of guanidine groups is 1. The quantitative estimate of drug-likeness (QED) is 0.0643. The van der Waals surface area contributed by atoms with E-state index in [1.165, 1.54) is 4.90 Å². The Morgan fingerprint density at radius 1 is 0.974 bits per heavy atom. The van der Waals surface area contributed by atoms with Gasteiger partial charge in [0.15, 0.2) is 5.96 Å². The second kappa shape index (κ2) is 19.6. The lowest BCUT2D eigenvalue weighted by Gasteiger charge is -2.28. The smallest absolute Gasteiger partial charge is 0.410 e. The van der Waals surface area contributed by atoms with Gasteiger partial charge in [0.2, 0.25) is 5.91 Å². The van der Waals surface area contributed by atoms with Gasteiger partial charge in [-0.3, -0.25) is 9.79 Å². The zero-order valence-electron chi connectivity index (χ0n) is 23.2. The van der Waals surface area contributed by atoms with Crippen LogP contribution in [0.4, 0.5) is 14.4 Å². The van der Waals surface area contributed by atoms with Gasteiger partial charge in [-0.2, -0.15) is 0 Å². The van der Waals surface area contributed by atoms with Gasteiger partial charge in [-0.25, -0.2) is 14.4 Å². The average Bonchev–Trinajstić information content (AvgIpc) is 2.78. The number of hydrogen-bond acceptors (Lipinski definition) is 7. The third-order valence-electron chi connectivity index (χ3n) is 5.03. The Hall–Kier alpha value is -3.45. The molecule has 0 fully saturated rings. The Bertz CT molecular complexity index is 753. The van der Waals surface area contributed by atoms with Gasteiger partial charge in [0.1, 0.15) is 5.60 Å². The molecule has 0 aliphatic rings. The van der Waals surface area contributed by atoms with Crippen LogP contribution < -0.4 is 27.4 Å².